The minimum absolute atomic E-state index is 0.00191. The molecule has 0 aliphatic carbocycles. The molecule has 1 aromatic heterocycles. The highest BCUT2D eigenvalue weighted by Gasteiger charge is 2.31. The number of hydrogen-bond donors (Lipinski definition) is 3. The van der Waals surface area contributed by atoms with Crippen LogP contribution in [0.4, 0.5) is 43.7 Å². The Labute approximate surface area is 168 Å². The molecule has 1 aromatic carbocycles. The number of anilines is 3. The summed E-state index contributed by atoms with van der Waals surface area (Å²) < 4.78 is 80.9. The highest BCUT2D eigenvalue weighted by atomic mass is 19.4. The predicted molar refractivity (Wildman–Crippen MR) is 97.8 cm³/mol. The molecule has 1 aliphatic heterocycles. The van der Waals surface area contributed by atoms with E-state index < -0.39 is 30.5 Å². The van der Waals surface area contributed by atoms with E-state index in [0.717, 1.165) is 38.1 Å². The maximum atomic E-state index is 12.9. The molecule has 3 rings (SSSR count). The maximum Gasteiger partial charge on any atom is 0.422 e. The van der Waals surface area contributed by atoms with Crippen molar-refractivity contribution in [3.05, 3.63) is 35.9 Å². The number of benzene rings is 1. The van der Waals surface area contributed by atoms with Gasteiger partial charge in [-0.1, -0.05) is 6.07 Å². The monoisotopic (exact) mass is 435 g/mol. The van der Waals surface area contributed by atoms with Crippen molar-refractivity contribution in [1.82, 2.24) is 15.3 Å². The second kappa shape index (κ2) is 8.94. The van der Waals surface area contributed by atoms with Gasteiger partial charge in [-0.15, -0.1) is 0 Å². The van der Waals surface area contributed by atoms with Gasteiger partial charge >= 0.3 is 18.4 Å². The van der Waals surface area contributed by atoms with Gasteiger partial charge in [-0.2, -0.15) is 36.3 Å². The number of hydrogen-bond acceptors (Lipinski definition) is 6. The molecule has 0 saturated carbocycles. The van der Waals surface area contributed by atoms with Gasteiger partial charge in [0.25, 0.3) is 0 Å². The molecule has 1 aliphatic rings. The lowest BCUT2D eigenvalue weighted by molar-refractivity contribution is -0.154. The standard InChI is InChI=1S/C18H19F6N5O/c19-17(20,21)10-30-16-28-14(26-12-4-6-25-7-5-12)9-15(29-16)27-13-3-1-2-11(8-13)18(22,23)24/h1-3,8-9,12,25H,4-7,10H2,(H2,26,27,28,29). The molecule has 164 valence electrons. The molecule has 12 heteroatoms. The van der Waals surface area contributed by atoms with E-state index >= 15 is 0 Å². The van der Waals surface area contributed by atoms with Crippen molar-refractivity contribution >= 4 is 17.3 Å². The second-order valence-corrected chi connectivity index (χ2v) is 6.70. The number of rotatable bonds is 6. The summed E-state index contributed by atoms with van der Waals surface area (Å²) in [7, 11) is 0. The van der Waals surface area contributed by atoms with Crippen LogP contribution in [0.1, 0.15) is 18.4 Å². The molecule has 0 bridgehead atoms. The first-order valence-electron chi connectivity index (χ1n) is 9.09. The van der Waals surface area contributed by atoms with Crippen LogP contribution in [0.5, 0.6) is 6.01 Å². The van der Waals surface area contributed by atoms with E-state index in [1.54, 1.807) is 0 Å². The van der Waals surface area contributed by atoms with Gasteiger partial charge in [-0.05, 0) is 44.1 Å². The molecule has 0 radical (unpaired) electrons. The largest absolute Gasteiger partial charge is 0.454 e. The van der Waals surface area contributed by atoms with Gasteiger partial charge in [0.2, 0.25) is 0 Å². The molecule has 6 nitrogen and oxygen atoms in total. The molecule has 0 atom stereocenters. The van der Waals surface area contributed by atoms with E-state index in [0.29, 0.717) is 0 Å². The smallest absolute Gasteiger partial charge is 0.422 e. The zero-order valence-electron chi connectivity index (χ0n) is 15.6. The maximum absolute atomic E-state index is 12.9. The Kier molecular flexibility index (Phi) is 6.54. The van der Waals surface area contributed by atoms with Gasteiger partial charge in [0.05, 0.1) is 5.56 Å². The zero-order valence-corrected chi connectivity index (χ0v) is 15.6. The quantitative estimate of drug-likeness (QED) is 0.587. The Balaban J connectivity index is 1.83. The molecule has 0 spiro atoms. The lowest BCUT2D eigenvalue weighted by Crippen LogP contribution is -2.35. The van der Waals surface area contributed by atoms with Gasteiger partial charge in [0.1, 0.15) is 11.6 Å². The Morgan fingerprint density at radius 3 is 2.37 bits per heavy atom. The van der Waals surface area contributed by atoms with Crippen LogP contribution >= 0.6 is 0 Å². The van der Waals surface area contributed by atoms with E-state index in [1.165, 1.54) is 18.2 Å². The second-order valence-electron chi connectivity index (χ2n) is 6.70. The Bertz CT molecular complexity index is 852. The van der Waals surface area contributed by atoms with E-state index in [2.05, 4.69) is 30.7 Å². The van der Waals surface area contributed by atoms with Crippen LogP contribution in [0.25, 0.3) is 0 Å². The van der Waals surface area contributed by atoms with Crippen LogP contribution in [0.3, 0.4) is 0 Å². The van der Waals surface area contributed by atoms with Crippen LogP contribution in [0, 0.1) is 0 Å². The Hall–Kier alpha value is -2.76. The third-order valence-corrected chi connectivity index (χ3v) is 4.22. The Morgan fingerprint density at radius 2 is 1.70 bits per heavy atom. The number of aromatic nitrogens is 2. The highest BCUT2D eigenvalue weighted by Crippen LogP contribution is 2.31. The number of alkyl halides is 6. The van der Waals surface area contributed by atoms with Gasteiger partial charge in [-0.25, -0.2) is 0 Å². The van der Waals surface area contributed by atoms with E-state index in [4.69, 9.17) is 0 Å². The minimum atomic E-state index is -4.59. The van der Waals surface area contributed by atoms with Crippen LogP contribution in [-0.4, -0.2) is 41.9 Å². The van der Waals surface area contributed by atoms with Crippen LogP contribution in [-0.2, 0) is 6.18 Å². The summed E-state index contributed by atoms with van der Waals surface area (Å²) in [4.78, 5) is 7.78. The molecule has 0 unspecified atom stereocenters. The summed E-state index contributed by atoms with van der Waals surface area (Å²) in [6.45, 7) is -0.0438. The number of halogens is 6. The molecule has 30 heavy (non-hydrogen) atoms. The normalized spacial score (nSPS) is 15.7. The lowest BCUT2D eigenvalue weighted by Gasteiger charge is -2.24. The van der Waals surface area contributed by atoms with Crippen LogP contribution < -0.4 is 20.7 Å². The summed E-state index contributed by atoms with van der Waals surface area (Å²) in [5.74, 6) is 0.210. The third-order valence-electron chi connectivity index (χ3n) is 4.22. The van der Waals surface area contributed by atoms with Crippen molar-refractivity contribution in [3.8, 4) is 6.01 Å². The van der Waals surface area contributed by atoms with Crippen LogP contribution in [0.2, 0.25) is 0 Å². The topological polar surface area (TPSA) is 71.1 Å². The number of nitrogens with one attached hydrogen (secondary N) is 3. The van der Waals surface area contributed by atoms with Crippen molar-refractivity contribution in [1.29, 1.82) is 0 Å². The molecule has 1 saturated heterocycles. The van der Waals surface area contributed by atoms with Crippen molar-refractivity contribution in [2.24, 2.45) is 0 Å². The van der Waals surface area contributed by atoms with Gasteiger partial charge < -0.3 is 20.7 Å². The fraction of sp³-hybridized carbons (Fsp3) is 0.444. The molecular weight excluding hydrogens is 416 g/mol. The van der Waals surface area contributed by atoms with E-state index in [-0.39, 0.29) is 23.4 Å². The van der Waals surface area contributed by atoms with Crippen molar-refractivity contribution < 1.29 is 31.1 Å². The average Bonchev–Trinajstić information content (AvgIpc) is 2.66. The SMILES string of the molecule is FC(F)(F)COc1nc(Nc2cccc(C(F)(F)F)c2)cc(NC2CCNCC2)n1. The summed E-state index contributed by atoms with van der Waals surface area (Å²) in [6, 6.07) is 5.28. The highest BCUT2D eigenvalue weighted by molar-refractivity contribution is 5.60. The predicted octanol–water partition coefficient (Wildman–Crippen LogP) is 4.34. The molecule has 1 fully saturated rings. The average molecular weight is 435 g/mol. The van der Waals surface area contributed by atoms with Crippen molar-refractivity contribution in [3.63, 3.8) is 0 Å². The van der Waals surface area contributed by atoms with Crippen LogP contribution in [0.15, 0.2) is 30.3 Å². The fourth-order valence-electron chi connectivity index (χ4n) is 2.87. The Morgan fingerprint density at radius 1 is 1.00 bits per heavy atom. The summed E-state index contributed by atoms with van der Waals surface area (Å²) in [5, 5.41) is 8.96. The first-order chi connectivity index (χ1) is 14.1. The zero-order chi connectivity index (χ0) is 21.8. The lowest BCUT2D eigenvalue weighted by atomic mass is 10.1. The third kappa shape index (κ3) is 6.65. The minimum Gasteiger partial charge on any atom is -0.454 e. The van der Waals surface area contributed by atoms with Gasteiger partial charge in [0.15, 0.2) is 6.61 Å². The number of ether oxygens (including phenoxy) is 1. The number of nitrogens with zero attached hydrogens (tertiary/aromatic N) is 2. The summed E-state index contributed by atoms with van der Waals surface area (Å²) in [6.07, 6.45) is -7.57. The molecular formula is C18H19F6N5O. The van der Waals surface area contributed by atoms with Crippen molar-refractivity contribution in [2.45, 2.75) is 31.2 Å². The fourth-order valence-corrected chi connectivity index (χ4v) is 2.87. The molecule has 2 heterocycles. The first kappa shape index (κ1) is 21.9. The molecule has 0 amide bonds. The van der Waals surface area contributed by atoms with E-state index in [9.17, 15) is 26.3 Å². The van der Waals surface area contributed by atoms with Gasteiger partial charge in [-0.3, -0.25) is 0 Å². The molecule has 3 N–H and O–H groups in total. The van der Waals surface area contributed by atoms with E-state index in [1.807, 2.05) is 0 Å². The van der Waals surface area contributed by atoms with Crippen molar-refractivity contribution in [2.75, 3.05) is 30.3 Å². The first-order valence-corrected chi connectivity index (χ1v) is 9.09. The number of piperidine rings is 1. The van der Waals surface area contributed by atoms with Gasteiger partial charge in [0, 0.05) is 17.8 Å². The molecule has 2 aromatic rings. The summed E-state index contributed by atoms with van der Waals surface area (Å²) in [5.41, 5.74) is -0.804. The summed E-state index contributed by atoms with van der Waals surface area (Å²) >= 11 is 0.